The van der Waals surface area contributed by atoms with Crippen LogP contribution in [0.5, 0.6) is 0 Å². The van der Waals surface area contributed by atoms with E-state index in [4.69, 9.17) is 0 Å². The molecule has 4 nitrogen and oxygen atoms in total. The highest BCUT2D eigenvalue weighted by Gasteiger charge is 2.72. The zero-order valence-corrected chi connectivity index (χ0v) is 15.6. The van der Waals surface area contributed by atoms with Gasteiger partial charge >= 0.3 is 0 Å². The Morgan fingerprint density at radius 1 is 0.440 bits per heavy atom. The van der Waals surface area contributed by atoms with Gasteiger partial charge in [0.2, 0.25) is 0 Å². The maximum absolute atomic E-state index is 4.12. The van der Waals surface area contributed by atoms with Crippen LogP contribution in [0.25, 0.3) is 0 Å². The first-order valence-electron chi connectivity index (χ1n) is 11.4. The van der Waals surface area contributed by atoms with Crippen LogP contribution in [-0.4, -0.2) is 50.3 Å². The van der Waals surface area contributed by atoms with Gasteiger partial charge in [0.05, 0.1) is 0 Å². The standard InChI is InChI=1S/C21H36N4/c1-5-13-14-6-2-10-23-18(14)21(17(13)22-9-1)19-15(7-3-11-24-19)16-8-4-12-25-20(16)21/h13-20,22-25H,1-12H2. The summed E-state index contributed by atoms with van der Waals surface area (Å²) in [6, 6.07) is 2.95. The van der Waals surface area contributed by atoms with Gasteiger partial charge in [0.1, 0.15) is 0 Å². The number of nitrogens with one attached hydrogen (secondary N) is 4. The molecule has 0 aromatic heterocycles. The zero-order valence-electron chi connectivity index (χ0n) is 15.6. The Labute approximate surface area is 152 Å². The molecule has 140 valence electrons. The van der Waals surface area contributed by atoms with E-state index in [1.54, 1.807) is 0 Å². The highest BCUT2D eigenvalue weighted by atomic mass is 15.2. The molecular formula is C21H36N4. The number of piperidine rings is 4. The Hall–Kier alpha value is -0.160. The first-order chi connectivity index (χ1) is 12.4. The lowest BCUT2D eigenvalue weighted by atomic mass is 9.66. The highest BCUT2D eigenvalue weighted by Crippen LogP contribution is 2.63. The van der Waals surface area contributed by atoms with Crippen LogP contribution in [-0.2, 0) is 0 Å². The van der Waals surface area contributed by atoms with Crippen LogP contribution in [0, 0.1) is 29.1 Å². The molecule has 2 aliphatic carbocycles. The summed E-state index contributed by atoms with van der Waals surface area (Å²) >= 11 is 0. The topological polar surface area (TPSA) is 48.1 Å². The monoisotopic (exact) mass is 344 g/mol. The van der Waals surface area contributed by atoms with E-state index in [-0.39, 0.29) is 0 Å². The van der Waals surface area contributed by atoms with Crippen LogP contribution in [0.1, 0.15) is 51.4 Å². The van der Waals surface area contributed by atoms with E-state index in [1.165, 1.54) is 77.5 Å². The molecular weight excluding hydrogens is 308 g/mol. The normalized spacial score (nSPS) is 57.6. The molecule has 4 N–H and O–H groups in total. The van der Waals surface area contributed by atoms with Crippen LogP contribution in [0.3, 0.4) is 0 Å². The summed E-state index contributed by atoms with van der Waals surface area (Å²) < 4.78 is 0. The van der Waals surface area contributed by atoms with E-state index < -0.39 is 0 Å². The SMILES string of the molecule is C1CNC2C(C1)C1CCCNC1C21C2NCCCC2C2CCCNC21. The summed E-state index contributed by atoms with van der Waals surface area (Å²) in [5.74, 6) is 3.66. The van der Waals surface area contributed by atoms with Crippen molar-refractivity contribution in [2.24, 2.45) is 29.1 Å². The third-order valence-electron chi connectivity index (χ3n) is 9.28. The maximum Gasteiger partial charge on any atom is 0.0327 e. The molecule has 6 fully saturated rings. The van der Waals surface area contributed by atoms with E-state index in [2.05, 4.69) is 21.3 Å². The van der Waals surface area contributed by atoms with E-state index in [1.807, 2.05) is 0 Å². The molecule has 25 heavy (non-hydrogen) atoms. The number of rotatable bonds is 0. The van der Waals surface area contributed by atoms with Gasteiger partial charge in [-0.05, 0) is 101 Å². The second-order valence-electron chi connectivity index (χ2n) is 9.95. The molecule has 0 radical (unpaired) electrons. The molecule has 8 unspecified atom stereocenters. The minimum atomic E-state index is 0.409. The fourth-order valence-electron chi connectivity index (χ4n) is 8.85. The van der Waals surface area contributed by atoms with Gasteiger partial charge in [-0.1, -0.05) is 0 Å². The lowest BCUT2D eigenvalue weighted by Crippen LogP contribution is -2.69. The van der Waals surface area contributed by atoms with Crippen molar-refractivity contribution < 1.29 is 0 Å². The average molecular weight is 345 g/mol. The number of fused-ring (bicyclic) bond motifs is 10. The fourth-order valence-corrected chi connectivity index (χ4v) is 8.85. The fraction of sp³-hybridized carbons (Fsp3) is 1.00. The van der Waals surface area contributed by atoms with E-state index in [0.717, 1.165) is 47.8 Å². The van der Waals surface area contributed by atoms with Crippen molar-refractivity contribution in [3.05, 3.63) is 0 Å². The quantitative estimate of drug-likeness (QED) is 0.538. The first kappa shape index (κ1) is 15.9. The second kappa shape index (κ2) is 5.92. The van der Waals surface area contributed by atoms with Crippen molar-refractivity contribution >= 4 is 0 Å². The van der Waals surface area contributed by atoms with E-state index in [9.17, 15) is 0 Å². The summed E-state index contributed by atoms with van der Waals surface area (Å²) in [6.07, 6.45) is 11.4. The molecule has 4 aliphatic heterocycles. The summed E-state index contributed by atoms with van der Waals surface area (Å²) in [7, 11) is 0. The van der Waals surface area contributed by atoms with Crippen molar-refractivity contribution in [2.45, 2.75) is 75.5 Å². The van der Waals surface area contributed by atoms with Gasteiger partial charge in [-0.15, -0.1) is 0 Å². The molecule has 6 rings (SSSR count). The molecule has 1 spiro atoms. The largest absolute Gasteiger partial charge is 0.313 e. The van der Waals surface area contributed by atoms with Crippen LogP contribution < -0.4 is 21.3 Å². The smallest absolute Gasteiger partial charge is 0.0327 e. The van der Waals surface area contributed by atoms with Crippen LogP contribution in [0.15, 0.2) is 0 Å². The van der Waals surface area contributed by atoms with Crippen molar-refractivity contribution in [1.29, 1.82) is 0 Å². The lowest BCUT2D eigenvalue weighted by Gasteiger charge is -2.51. The second-order valence-corrected chi connectivity index (χ2v) is 9.95. The zero-order chi connectivity index (χ0) is 16.4. The predicted molar refractivity (Wildman–Crippen MR) is 100 cm³/mol. The van der Waals surface area contributed by atoms with Gasteiger partial charge in [0.25, 0.3) is 0 Å². The first-order valence-corrected chi connectivity index (χ1v) is 11.4. The number of hydrogen-bond donors (Lipinski definition) is 4. The van der Waals surface area contributed by atoms with Crippen LogP contribution in [0.2, 0.25) is 0 Å². The summed E-state index contributed by atoms with van der Waals surface area (Å²) in [6.45, 7) is 4.99. The molecule has 4 heterocycles. The highest BCUT2D eigenvalue weighted by molar-refractivity contribution is 5.28. The summed E-state index contributed by atoms with van der Waals surface area (Å²) in [5.41, 5.74) is 0.409. The minimum Gasteiger partial charge on any atom is -0.313 e. The minimum absolute atomic E-state index is 0.409. The Morgan fingerprint density at radius 3 is 1.00 bits per heavy atom. The Bertz CT molecular complexity index is 429. The number of hydrogen-bond acceptors (Lipinski definition) is 4. The third kappa shape index (κ3) is 1.98. The predicted octanol–water partition coefficient (Wildman–Crippen LogP) is 1.47. The van der Waals surface area contributed by atoms with Crippen molar-refractivity contribution in [1.82, 2.24) is 21.3 Å². The molecule has 0 bridgehead atoms. The third-order valence-corrected chi connectivity index (χ3v) is 9.28. The van der Waals surface area contributed by atoms with Gasteiger partial charge in [0.15, 0.2) is 0 Å². The summed E-state index contributed by atoms with van der Waals surface area (Å²) in [5, 5.41) is 16.5. The Morgan fingerprint density at radius 2 is 0.720 bits per heavy atom. The molecule has 2 saturated carbocycles. The average Bonchev–Trinajstić information content (AvgIpc) is 3.16. The molecule has 4 heteroatoms. The van der Waals surface area contributed by atoms with Crippen LogP contribution in [0.4, 0.5) is 0 Å². The Balaban J connectivity index is 1.50. The van der Waals surface area contributed by atoms with E-state index in [0.29, 0.717) is 5.41 Å². The van der Waals surface area contributed by atoms with Gasteiger partial charge in [-0.3, -0.25) is 0 Å². The van der Waals surface area contributed by atoms with Crippen LogP contribution >= 0.6 is 0 Å². The van der Waals surface area contributed by atoms with Gasteiger partial charge in [-0.2, -0.15) is 0 Å². The van der Waals surface area contributed by atoms with E-state index >= 15 is 0 Å². The lowest BCUT2D eigenvalue weighted by molar-refractivity contribution is 0.0586. The molecule has 4 saturated heterocycles. The van der Waals surface area contributed by atoms with Gasteiger partial charge < -0.3 is 21.3 Å². The maximum atomic E-state index is 4.12. The molecule has 0 aromatic carbocycles. The summed E-state index contributed by atoms with van der Waals surface area (Å²) in [4.78, 5) is 0. The van der Waals surface area contributed by atoms with Crippen molar-refractivity contribution in [2.75, 3.05) is 26.2 Å². The Kier molecular flexibility index (Phi) is 3.75. The van der Waals surface area contributed by atoms with Crippen molar-refractivity contribution in [3.63, 3.8) is 0 Å². The molecule has 0 aromatic rings. The van der Waals surface area contributed by atoms with Gasteiger partial charge in [-0.25, -0.2) is 0 Å². The van der Waals surface area contributed by atoms with Gasteiger partial charge in [0, 0.05) is 29.6 Å². The molecule has 8 atom stereocenters. The molecule has 6 aliphatic rings. The molecule has 0 amide bonds. The van der Waals surface area contributed by atoms with Crippen molar-refractivity contribution in [3.8, 4) is 0 Å².